The van der Waals surface area contributed by atoms with Crippen LogP contribution in [0.25, 0.3) is 88.7 Å². The van der Waals surface area contributed by atoms with Crippen molar-refractivity contribution < 1.29 is 13.2 Å². The first-order chi connectivity index (χ1) is 26.9. The van der Waals surface area contributed by atoms with Gasteiger partial charge in [-0.3, -0.25) is 0 Å². The van der Waals surface area contributed by atoms with Crippen LogP contribution in [-0.2, 0) is 0 Å². The molecule has 2 heterocycles. The van der Waals surface area contributed by atoms with Gasteiger partial charge in [0.1, 0.15) is 0 Å². The molecule has 0 aliphatic carbocycles. The minimum Gasteiger partial charge on any atom is -0.247 e. The lowest BCUT2D eigenvalue weighted by Crippen LogP contribution is -2.00. The predicted octanol–water partition coefficient (Wildman–Crippen LogP) is 11.8. The summed E-state index contributed by atoms with van der Waals surface area (Å²) in [6, 6.07) is 47.3. The van der Waals surface area contributed by atoms with E-state index in [1.54, 1.807) is 36.4 Å². The molecule has 9 aromatic rings. The third-order valence-corrected chi connectivity index (χ3v) is 9.74. The molecular weight excluding hydrogens is 692 g/mol. The number of aromatic nitrogens is 3. The first-order valence-electron chi connectivity index (χ1n) is 17.3. The number of benzene rings is 7. The largest absolute Gasteiger partial charge is 0.247 e. The second kappa shape index (κ2) is 13.4. The van der Waals surface area contributed by atoms with E-state index in [2.05, 4.69) is 12.1 Å². The van der Waals surface area contributed by atoms with Gasteiger partial charge in [0, 0.05) is 32.8 Å². The predicted molar refractivity (Wildman–Crippen MR) is 209 cm³/mol. The van der Waals surface area contributed by atoms with Gasteiger partial charge in [-0.15, -0.1) is 0 Å². The Morgan fingerprint density at radius 2 is 0.964 bits per heavy atom. The van der Waals surface area contributed by atoms with Gasteiger partial charge in [0.15, 0.2) is 17.5 Å². The molecular formula is C47H24F3N5. The molecule has 0 fully saturated rings. The number of para-hydroxylation sites is 1. The number of pyridine rings is 1. The monoisotopic (exact) mass is 715 g/mol. The molecule has 0 aliphatic rings. The van der Waals surface area contributed by atoms with E-state index in [1.165, 1.54) is 0 Å². The molecule has 0 amide bonds. The van der Waals surface area contributed by atoms with Gasteiger partial charge in [0.2, 0.25) is 0 Å². The summed E-state index contributed by atoms with van der Waals surface area (Å²) in [6.45, 7) is 0. The fourth-order valence-corrected chi connectivity index (χ4v) is 7.16. The lowest BCUT2D eigenvalue weighted by molar-refractivity contribution is 0.448. The number of hydrogen-bond acceptors (Lipinski definition) is 5. The third-order valence-electron chi connectivity index (χ3n) is 9.74. The molecule has 8 heteroatoms. The van der Waals surface area contributed by atoms with E-state index in [1.807, 2.05) is 97.1 Å². The van der Waals surface area contributed by atoms with E-state index >= 15 is 0 Å². The normalized spacial score (nSPS) is 11.1. The van der Waals surface area contributed by atoms with Gasteiger partial charge >= 0.3 is 0 Å². The molecule has 0 bridgehead atoms. The molecule has 55 heavy (non-hydrogen) atoms. The second-order valence-corrected chi connectivity index (χ2v) is 13.0. The maximum Gasteiger partial charge on any atom is 0.194 e. The number of fused-ring (bicyclic) bond motifs is 5. The fraction of sp³-hybridized carbons (Fsp3) is 0. The second-order valence-electron chi connectivity index (χ2n) is 13.0. The molecule has 0 unspecified atom stereocenters. The quantitative estimate of drug-likeness (QED) is 0.131. The van der Waals surface area contributed by atoms with Gasteiger partial charge in [-0.2, -0.15) is 10.5 Å². The minimum atomic E-state index is -1.54. The van der Waals surface area contributed by atoms with Crippen molar-refractivity contribution in [3.63, 3.8) is 0 Å². The van der Waals surface area contributed by atoms with Crippen LogP contribution >= 0.6 is 0 Å². The highest BCUT2D eigenvalue weighted by Gasteiger charge is 2.24. The molecule has 0 spiro atoms. The first-order valence-corrected chi connectivity index (χ1v) is 17.3. The summed E-state index contributed by atoms with van der Waals surface area (Å²) in [4.78, 5) is 15.9. The lowest BCUT2D eigenvalue weighted by atomic mass is 9.89. The zero-order valence-electron chi connectivity index (χ0n) is 28.7. The zero-order valence-corrected chi connectivity index (χ0v) is 28.7. The number of nitrogens with zero attached hydrogens (tertiary/aromatic N) is 5. The van der Waals surface area contributed by atoms with E-state index in [0.717, 1.165) is 39.6 Å². The van der Waals surface area contributed by atoms with Crippen molar-refractivity contribution in [2.24, 2.45) is 0 Å². The van der Waals surface area contributed by atoms with Crippen LogP contribution in [0.15, 0.2) is 146 Å². The topological polar surface area (TPSA) is 86.2 Å². The summed E-state index contributed by atoms with van der Waals surface area (Å²) in [5.74, 6) is -4.14. The van der Waals surface area contributed by atoms with E-state index in [0.29, 0.717) is 66.8 Å². The maximum atomic E-state index is 14.8. The Balaban J connectivity index is 1.48. The van der Waals surface area contributed by atoms with Crippen molar-refractivity contribution in [1.82, 2.24) is 15.0 Å². The summed E-state index contributed by atoms with van der Waals surface area (Å²) in [5, 5.41) is 21.4. The highest BCUT2D eigenvalue weighted by Crippen LogP contribution is 2.45. The molecule has 0 radical (unpaired) electrons. The third kappa shape index (κ3) is 5.70. The van der Waals surface area contributed by atoms with Crippen LogP contribution in [0.2, 0.25) is 0 Å². The van der Waals surface area contributed by atoms with Crippen molar-refractivity contribution in [2.45, 2.75) is 0 Å². The van der Waals surface area contributed by atoms with Gasteiger partial charge in [0.05, 0.1) is 56.9 Å². The number of halogens is 3. The van der Waals surface area contributed by atoms with Crippen LogP contribution < -0.4 is 0 Å². The molecule has 0 aliphatic heterocycles. The summed E-state index contributed by atoms with van der Waals surface area (Å²) in [7, 11) is 0. The minimum absolute atomic E-state index is 0.145. The molecule has 7 aromatic carbocycles. The van der Waals surface area contributed by atoms with Gasteiger partial charge < -0.3 is 0 Å². The Morgan fingerprint density at radius 1 is 0.418 bits per heavy atom. The van der Waals surface area contributed by atoms with Crippen LogP contribution in [0.3, 0.4) is 0 Å². The van der Waals surface area contributed by atoms with Crippen molar-refractivity contribution >= 4 is 32.7 Å². The molecule has 2 aromatic heterocycles. The molecule has 0 atom stereocenters. The van der Waals surface area contributed by atoms with Crippen molar-refractivity contribution in [1.29, 1.82) is 10.5 Å². The van der Waals surface area contributed by atoms with E-state index in [4.69, 9.17) is 15.0 Å². The Morgan fingerprint density at radius 3 is 1.60 bits per heavy atom. The zero-order chi connectivity index (χ0) is 37.6. The first kappa shape index (κ1) is 33.2. The molecule has 5 nitrogen and oxygen atoms in total. The number of hydrogen-bond donors (Lipinski definition) is 0. The summed E-state index contributed by atoms with van der Waals surface area (Å²) in [5.41, 5.74) is 8.69. The standard InChI is InChI=1S/C47H24F3N5/c48-37-22-32(23-38(49)43(37)50)33-10-4-5-11-34(33)46-42-41(35-12-6-7-13-39(35)53-46)36(29-8-2-1-3-9-29)24-40-47(42)55-45(31-20-16-28(26-52)17-21-31)44(54-40)30-18-14-27(25-51)15-19-30/h1-24H. The summed E-state index contributed by atoms with van der Waals surface area (Å²) >= 11 is 0. The van der Waals surface area contributed by atoms with Crippen LogP contribution in [0, 0.1) is 40.1 Å². The average molecular weight is 716 g/mol. The summed E-state index contributed by atoms with van der Waals surface area (Å²) in [6.07, 6.45) is 0. The average Bonchev–Trinajstić information content (AvgIpc) is 3.24. The van der Waals surface area contributed by atoms with Crippen molar-refractivity contribution in [3.05, 3.63) is 174 Å². The summed E-state index contributed by atoms with van der Waals surface area (Å²) < 4.78 is 43.7. The number of nitriles is 2. The highest BCUT2D eigenvalue weighted by molar-refractivity contribution is 6.25. The van der Waals surface area contributed by atoms with Crippen molar-refractivity contribution in [2.75, 3.05) is 0 Å². The van der Waals surface area contributed by atoms with Crippen LogP contribution in [0.4, 0.5) is 13.2 Å². The Bertz CT molecular complexity index is 3050. The Labute approximate surface area is 312 Å². The lowest BCUT2D eigenvalue weighted by Gasteiger charge is -2.19. The molecule has 0 saturated carbocycles. The van der Waals surface area contributed by atoms with E-state index in [9.17, 15) is 23.7 Å². The smallest absolute Gasteiger partial charge is 0.194 e. The van der Waals surface area contributed by atoms with Crippen LogP contribution in [0.1, 0.15) is 11.1 Å². The van der Waals surface area contributed by atoms with E-state index < -0.39 is 17.5 Å². The number of rotatable bonds is 5. The van der Waals surface area contributed by atoms with Gasteiger partial charge in [-0.05, 0) is 70.8 Å². The van der Waals surface area contributed by atoms with Crippen molar-refractivity contribution in [3.8, 4) is 68.2 Å². The Kier molecular flexibility index (Phi) is 8.07. The van der Waals surface area contributed by atoms with Gasteiger partial charge in [-0.1, -0.05) is 97.1 Å². The SMILES string of the molecule is N#Cc1ccc(-c2nc3cc(-c4ccccc4)c4c5ccccc5nc(-c5ccccc5-c5cc(F)c(F)c(F)c5)c4c3nc2-c2ccc(C#N)cc2)cc1. The van der Waals surface area contributed by atoms with E-state index in [-0.39, 0.29) is 5.56 Å². The fourth-order valence-electron chi connectivity index (χ4n) is 7.16. The molecule has 0 saturated heterocycles. The van der Waals surface area contributed by atoms with Crippen LogP contribution in [-0.4, -0.2) is 15.0 Å². The highest BCUT2D eigenvalue weighted by atomic mass is 19.2. The van der Waals surface area contributed by atoms with Gasteiger partial charge in [0.25, 0.3) is 0 Å². The maximum absolute atomic E-state index is 14.8. The molecule has 258 valence electrons. The Hall–Kier alpha value is -7.68. The van der Waals surface area contributed by atoms with Gasteiger partial charge in [-0.25, -0.2) is 28.1 Å². The molecule has 9 rings (SSSR count). The molecule has 0 N–H and O–H groups in total. The van der Waals surface area contributed by atoms with Crippen LogP contribution in [0.5, 0.6) is 0 Å².